The van der Waals surface area contributed by atoms with Crippen molar-refractivity contribution in [1.29, 1.82) is 0 Å². The molecule has 3 nitrogen and oxygen atoms in total. The van der Waals surface area contributed by atoms with Crippen LogP contribution in [0.3, 0.4) is 0 Å². The molecule has 0 fully saturated rings. The van der Waals surface area contributed by atoms with Crippen molar-refractivity contribution in [3.05, 3.63) is 35.9 Å². The lowest BCUT2D eigenvalue weighted by Gasteiger charge is -2.00. The maximum atomic E-state index is 11.1. The van der Waals surface area contributed by atoms with E-state index in [2.05, 4.69) is 0 Å². The molecule has 1 aromatic rings. The van der Waals surface area contributed by atoms with Crippen LogP contribution in [0.15, 0.2) is 30.3 Å². The predicted octanol–water partition coefficient (Wildman–Crippen LogP) is 1.45. The minimum absolute atomic E-state index is 0.0709. The minimum Gasteiger partial charge on any atom is -0.369 e. The highest BCUT2D eigenvalue weighted by Gasteiger charge is 2.05. The standard InChI is InChI=1S/C12H15NO2/c13-12(15)9-11(14)8-4-7-10-5-2-1-3-6-10/h1-3,5-6H,4,7-9H2,(H2,13,15). The summed E-state index contributed by atoms with van der Waals surface area (Å²) in [6.45, 7) is 0. The van der Waals surface area contributed by atoms with Crippen LogP contribution in [-0.4, -0.2) is 11.7 Å². The number of primary amides is 1. The first-order chi connectivity index (χ1) is 7.18. The number of Topliss-reactive ketones (excluding diaryl/α,β-unsaturated/α-hetero) is 1. The number of rotatable bonds is 6. The van der Waals surface area contributed by atoms with Crippen LogP contribution in [0.1, 0.15) is 24.8 Å². The Labute approximate surface area is 89.3 Å². The van der Waals surface area contributed by atoms with Crippen molar-refractivity contribution in [1.82, 2.24) is 0 Å². The molecule has 80 valence electrons. The summed E-state index contributed by atoms with van der Waals surface area (Å²) < 4.78 is 0. The quantitative estimate of drug-likeness (QED) is 0.714. The molecule has 0 aliphatic carbocycles. The van der Waals surface area contributed by atoms with Crippen molar-refractivity contribution in [2.45, 2.75) is 25.7 Å². The van der Waals surface area contributed by atoms with Crippen molar-refractivity contribution in [2.75, 3.05) is 0 Å². The molecule has 1 aromatic carbocycles. The number of hydrogen-bond donors (Lipinski definition) is 1. The molecule has 0 atom stereocenters. The predicted molar refractivity (Wildman–Crippen MR) is 58.2 cm³/mol. The molecule has 15 heavy (non-hydrogen) atoms. The number of ketones is 1. The van der Waals surface area contributed by atoms with Crippen LogP contribution in [0.25, 0.3) is 0 Å². The zero-order valence-corrected chi connectivity index (χ0v) is 8.61. The number of benzene rings is 1. The lowest BCUT2D eigenvalue weighted by atomic mass is 10.1. The van der Waals surface area contributed by atoms with Gasteiger partial charge in [0.05, 0.1) is 6.42 Å². The summed E-state index contributed by atoms with van der Waals surface area (Å²) in [6, 6.07) is 9.96. The van der Waals surface area contributed by atoms with E-state index in [1.807, 2.05) is 30.3 Å². The topological polar surface area (TPSA) is 60.2 Å². The molecule has 0 aliphatic heterocycles. The molecule has 0 unspecified atom stereocenters. The van der Waals surface area contributed by atoms with Gasteiger partial charge in [0.25, 0.3) is 0 Å². The molecule has 2 N–H and O–H groups in total. The fourth-order valence-electron chi connectivity index (χ4n) is 1.42. The highest BCUT2D eigenvalue weighted by Crippen LogP contribution is 2.05. The zero-order chi connectivity index (χ0) is 11.1. The van der Waals surface area contributed by atoms with Crippen molar-refractivity contribution < 1.29 is 9.59 Å². The second kappa shape index (κ2) is 5.96. The maximum absolute atomic E-state index is 11.1. The third-order valence-electron chi connectivity index (χ3n) is 2.14. The van der Waals surface area contributed by atoms with E-state index < -0.39 is 5.91 Å². The highest BCUT2D eigenvalue weighted by atomic mass is 16.2. The third-order valence-corrected chi connectivity index (χ3v) is 2.14. The van der Waals surface area contributed by atoms with E-state index in [-0.39, 0.29) is 12.2 Å². The van der Waals surface area contributed by atoms with E-state index in [9.17, 15) is 9.59 Å². The van der Waals surface area contributed by atoms with Gasteiger partial charge in [0.2, 0.25) is 5.91 Å². The average molecular weight is 205 g/mol. The summed E-state index contributed by atoms with van der Waals surface area (Å²) in [5, 5.41) is 0. The lowest BCUT2D eigenvalue weighted by Crippen LogP contribution is -2.16. The number of nitrogens with two attached hydrogens (primary N) is 1. The Morgan fingerprint density at radius 2 is 1.80 bits per heavy atom. The minimum atomic E-state index is -0.542. The number of amides is 1. The van der Waals surface area contributed by atoms with Gasteiger partial charge in [-0.2, -0.15) is 0 Å². The van der Waals surface area contributed by atoms with Crippen LogP contribution in [0.4, 0.5) is 0 Å². The van der Waals surface area contributed by atoms with Crippen molar-refractivity contribution in [3.63, 3.8) is 0 Å². The van der Waals surface area contributed by atoms with Gasteiger partial charge in [-0.05, 0) is 18.4 Å². The normalized spacial score (nSPS) is 9.87. The van der Waals surface area contributed by atoms with E-state index in [4.69, 9.17) is 5.73 Å². The van der Waals surface area contributed by atoms with E-state index in [1.165, 1.54) is 5.56 Å². The molecule has 0 radical (unpaired) electrons. The maximum Gasteiger partial charge on any atom is 0.224 e. The summed E-state index contributed by atoms with van der Waals surface area (Å²) in [7, 11) is 0. The van der Waals surface area contributed by atoms with Crippen LogP contribution in [0.5, 0.6) is 0 Å². The van der Waals surface area contributed by atoms with Crippen LogP contribution >= 0.6 is 0 Å². The summed E-state index contributed by atoms with van der Waals surface area (Å²) in [6.07, 6.45) is 1.94. The summed E-state index contributed by atoms with van der Waals surface area (Å²) in [5.74, 6) is -0.613. The molecular weight excluding hydrogens is 190 g/mol. The zero-order valence-electron chi connectivity index (χ0n) is 8.61. The van der Waals surface area contributed by atoms with Crippen molar-refractivity contribution in [3.8, 4) is 0 Å². The van der Waals surface area contributed by atoms with Gasteiger partial charge in [0.15, 0.2) is 0 Å². The molecule has 0 heterocycles. The van der Waals surface area contributed by atoms with E-state index in [0.29, 0.717) is 6.42 Å². The Morgan fingerprint density at radius 3 is 2.40 bits per heavy atom. The summed E-state index contributed by atoms with van der Waals surface area (Å²) in [4.78, 5) is 21.6. The molecule has 0 aliphatic rings. The van der Waals surface area contributed by atoms with E-state index in [1.54, 1.807) is 0 Å². The van der Waals surface area contributed by atoms with Gasteiger partial charge in [-0.15, -0.1) is 0 Å². The molecule has 3 heteroatoms. The fourth-order valence-corrected chi connectivity index (χ4v) is 1.42. The molecule has 1 rings (SSSR count). The van der Waals surface area contributed by atoms with Gasteiger partial charge >= 0.3 is 0 Å². The molecule has 0 saturated heterocycles. The molecule has 0 bridgehead atoms. The molecule has 0 saturated carbocycles. The largest absolute Gasteiger partial charge is 0.369 e. The number of carbonyl (C=O) groups is 2. The fraction of sp³-hybridized carbons (Fsp3) is 0.333. The Kier molecular flexibility index (Phi) is 4.54. The summed E-state index contributed by atoms with van der Waals surface area (Å²) in [5.41, 5.74) is 6.13. The SMILES string of the molecule is NC(=O)CC(=O)CCCc1ccccc1. The molecule has 1 amide bonds. The third kappa shape index (κ3) is 4.96. The van der Waals surface area contributed by atoms with Crippen LogP contribution < -0.4 is 5.73 Å². The lowest BCUT2D eigenvalue weighted by molar-refractivity contribution is -0.126. The smallest absolute Gasteiger partial charge is 0.224 e. The average Bonchev–Trinajstić information content (AvgIpc) is 2.18. The number of hydrogen-bond acceptors (Lipinski definition) is 2. The Bertz CT molecular complexity index is 333. The first-order valence-electron chi connectivity index (χ1n) is 5.02. The molecule has 0 spiro atoms. The van der Waals surface area contributed by atoms with Gasteiger partial charge in [0, 0.05) is 6.42 Å². The Hall–Kier alpha value is -1.64. The van der Waals surface area contributed by atoms with Gasteiger partial charge in [-0.25, -0.2) is 0 Å². The first-order valence-corrected chi connectivity index (χ1v) is 5.02. The van der Waals surface area contributed by atoms with Gasteiger partial charge < -0.3 is 5.73 Å². The Morgan fingerprint density at radius 1 is 1.13 bits per heavy atom. The first kappa shape index (κ1) is 11.4. The van der Waals surface area contributed by atoms with Crippen LogP contribution in [0.2, 0.25) is 0 Å². The second-order valence-electron chi connectivity index (χ2n) is 3.52. The van der Waals surface area contributed by atoms with Gasteiger partial charge in [-0.3, -0.25) is 9.59 Å². The molecular formula is C12H15NO2. The monoisotopic (exact) mass is 205 g/mol. The van der Waals surface area contributed by atoms with Crippen LogP contribution in [-0.2, 0) is 16.0 Å². The molecule has 0 aromatic heterocycles. The highest BCUT2D eigenvalue weighted by molar-refractivity contribution is 5.97. The van der Waals surface area contributed by atoms with Gasteiger partial charge in [0.1, 0.15) is 5.78 Å². The van der Waals surface area contributed by atoms with Gasteiger partial charge in [-0.1, -0.05) is 30.3 Å². The number of carbonyl (C=O) groups excluding carboxylic acids is 2. The van der Waals surface area contributed by atoms with Crippen molar-refractivity contribution >= 4 is 11.7 Å². The van der Waals surface area contributed by atoms with Crippen molar-refractivity contribution in [2.24, 2.45) is 5.73 Å². The van der Waals surface area contributed by atoms with E-state index in [0.717, 1.165) is 12.8 Å². The second-order valence-corrected chi connectivity index (χ2v) is 3.52. The van der Waals surface area contributed by atoms with E-state index >= 15 is 0 Å². The Balaban J connectivity index is 2.22. The number of aryl methyl sites for hydroxylation is 1. The van der Waals surface area contributed by atoms with Crippen LogP contribution in [0, 0.1) is 0 Å². The summed E-state index contributed by atoms with van der Waals surface area (Å²) >= 11 is 0.